The number of aliphatic carboxylic acids is 1. The van der Waals surface area contributed by atoms with E-state index in [9.17, 15) is 9.90 Å². The number of carbonyl (C=O) groups is 1. The van der Waals surface area contributed by atoms with E-state index in [4.69, 9.17) is 5.11 Å². The molecule has 0 spiro atoms. The number of hydrogen-bond acceptors (Lipinski definition) is 2. The van der Waals surface area contributed by atoms with Gasteiger partial charge in [0.05, 0.1) is 11.5 Å². The number of allylic oxidation sites excluding steroid dienone is 2. The van der Waals surface area contributed by atoms with Gasteiger partial charge in [-0.15, -0.1) is 0 Å². The maximum Gasteiger partial charge on any atom is 0.306 e. The molecule has 21 heavy (non-hydrogen) atoms. The van der Waals surface area contributed by atoms with Crippen LogP contribution in [-0.4, -0.2) is 21.8 Å². The molecule has 0 aromatic heterocycles. The molecular weight excluding hydrogens is 264 g/mol. The maximum atomic E-state index is 10.7. The summed E-state index contributed by atoms with van der Waals surface area (Å²) in [6, 6.07) is 0. The molecule has 0 rings (SSSR count). The maximum absolute atomic E-state index is 10.7. The Hall–Kier alpha value is -0.830. The lowest BCUT2D eigenvalue weighted by Crippen LogP contribution is -2.24. The Bertz CT molecular complexity index is 318. The van der Waals surface area contributed by atoms with Gasteiger partial charge in [0.25, 0.3) is 0 Å². The zero-order valence-corrected chi connectivity index (χ0v) is 14.3. The monoisotopic (exact) mass is 298 g/mol. The van der Waals surface area contributed by atoms with Crippen molar-refractivity contribution in [2.24, 2.45) is 5.92 Å². The van der Waals surface area contributed by atoms with Crippen LogP contribution in [0.4, 0.5) is 0 Å². The van der Waals surface area contributed by atoms with E-state index in [1.807, 2.05) is 6.92 Å². The summed E-state index contributed by atoms with van der Waals surface area (Å²) < 4.78 is 0. The minimum Gasteiger partial charge on any atom is -0.481 e. The lowest BCUT2D eigenvalue weighted by molar-refractivity contribution is -0.141. The van der Waals surface area contributed by atoms with Crippen molar-refractivity contribution in [1.82, 2.24) is 0 Å². The fraction of sp³-hybridized carbons (Fsp3) is 0.833. The summed E-state index contributed by atoms with van der Waals surface area (Å²) in [6.07, 6.45) is 10.9. The molecule has 2 N–H and O–H groups in total. The molecule has 0 fully saturated rings. The number of carboxylic acid groups (broad SMARTS) is 1. The minimum absolute atomic E-state index is 0.318. The second-order valence-corrected chi connectivity index (χ2v) is 6.67. The molecule has 3 heteroatoms. The van der Waals surface area contributed by atoms with E-state index in [2.05, 4.69) is 19.9 Å². The van der Waals surface area contributed by atoms with Crippen molar-refractivity contribution in [2.45, 2.75) is 91.1 Å². The van der Waals surface area contributed by atoms with Gasteiger partial charge in [0.2, 0.25) is 0 Å². The molecule has 3 nitrogen and oxygen atoms in total. The zero-order valence-electron chi connectivity index (χ0n) is 14.3. The molecule has 0 bridgehead atoms. The third kappa shape index (κ3) is 11.5. The average Bonchev–Trinajstić information content (AvgIpc) is 2.38. The normalized spacial score (nSPS) is 16.5. The van der Waals surface area contributed by atoms with Crippen LogP contribution in [0.5, 0.6) is 0 Å². The Morgan fingerprint density at radius 2 is 1.90 bits per heavy atom. The molecule has 0 aliphatic carbocycles. The van der Waals surface area contributed by atoms with Gasteiger partial charge >= 0.3 is 5.97 Å². The van der Waals surface area contributed by atoms with E-state index in [0.717, 1.165) is 25.7 Å². The van der Waals surface area contributed by atoms with Gasteiger partial charge in [0.1, 0.15) is 0 Å². The molecule has 0 aliphatic rings. The Balaban J connectivity index is 3.90. The first-order valence-corrected chi connectivity index (χ1v) is 8.39. The Kier molecular flexibility index (Phi) is 10.4. The van der Waals surface area contributed by atoms with Crippen molar-refractivity contribution in [2.75, 3.05) is 0 Å². The van der Waals surface area contributed by atoms with Crippen LogP contribution in [0, 0.1) is 5.92 Å². The smallest absolute Gasteiger partial charge is 0.306 e. The third-order valence-electron chi connectivity index (χ3n) is 4.12. The van der Waals surface area contributed by atoms with E-state index >= 15 is 0 Å². The molecule has 0 aromatic rings. The van der Waals surface area contributed by atoms with Gasteiger partial charge in [0.15, 0.2) is 0 Å². The predicted molar refractivity (Wildman–Crippen MR) is 88.4 cm³/mol. The van der Waals surface area contributed by atoms with Gasteiger partial charge in [0, 0.05) is 0 Å². The van der Waals surface area contributed by atoms with E-state index in [-0.39, 0.29) is 5.92 Å². The van der Waals surface area contributed by atoms with Crippen LogP contribution in [0.2, 0.25) is 0 Å². The highest BCUT2D eigenvalue weighted by Crippen LogP contribution is 2.22. The van der Waals surface area contributed by atoms with Gasteiger partial charge in [-0.05, 0) is 58.8 Å². The number of carboxylic acids is 1. The largest absolute Gasteiger partial charge is 0.481 e. The number of rotatable bonds is 12. The molecule has 124 valence electrons. The highest BCUT2D eigenvalue weighted by atomic mass is 16.4. The molecule has 0 aliphatic heterocycles. The number of aliphatic hydroxyl groups is 1. The second-order valence-electron chi connectivity index (χ2n) is 6.67. The third-order valence-corrected chi connectivity index (χ3v) is 4.12. The van der Waals surface area contributed by atoms with Gasteiger partial charge in [-0.2, -0.15) is 0 Å². The van der Waals surface area contributed by atoms with Crippen LogP contribution >= 0.6 is 0 Å². The van der Waals surface area contributed by atoms with Crippen molar-refractivity contribution in [3.05, 3.63) is 11.6 Å². The molecule has 2 atom stereocenters. The fourth-order valence-electron chi connectivity index (χ4n) is 2.42. The van der Waals surface area contributed by atoms with Crippen LogP contribution in [0.25, 0.3) is 0 Å². The van der Waals surface area contributed by atoms with Crippen molar-refractivity contribution < 1.29 is 15.0 Å². The molecule has 0 aromatic carbocycles. The van der Waals surface area contributed by atoms with Gasteiger partial charge < -0.3 is 10.2 Å². The molecule has 0 saturated carbocycles. The summed E-state index contributed by atoms with van der Waals surface area (Å²) in [4.78, 5) is 10.7. The van der Waals surface area contributed by atoms with Gasteiger partial charge in [-0.25, -0.2) is 0 Å². The number of hydrogen-bond donors (Lipinski definition) is 2. The van der Waals surface area contributed by atoms with Crippen molar-refractivity contribution in [3.63, 3.8) is 0 Å². The van der Waals surface area contributed by atoms with Crippen LogP contribution in [-0.2, 0) is 4.79 Å². The van der Waals surface area contributed by atoms with Crippen molar-refractivity contribution >= 4 is 5.97 Å². The Morgan fingerprint density at radius 3 is 2.48 bits per heavy atom. The van der Waals surface area contributed by atoms with Crippen molar-refractivity contribution in [1.29, 1.82) is 0 Å². The average molecular weight is 298 g/mol. The van der Waals surface area contributed by atoms with Crippen LogP contribution in [0.3, 0.4) is 0 Å². The summed E-state index contributed by atoms with van der Waals surface area (Å²) in [5.41, 5.74) is 0.733. The first-order valence-electron chi connectivity index (χ1n) is 8.39. The molecule has 0 heterocycles. The Morgan fingerprint density at radius 1 is 1.24 bits per heavy atom. The van der Waals surface area contributed by atoms with Crippen LogP contribution < -0.4 is 0 Å². The molecular formula is C18H34O3. The minimum atomic E-state index is -0.750. The first kappa shape index (κ1) is 20.2. The number of unbranched alkanes of at least 4 members (excludes halogenated alkanes) is 2. The van der Waals surface area contributed by atoms with Gasteiger partial charge in [-0.3, -0.25) is 4.79 Å². The van der Waals surface area contributed by atoms with Crippen molar-refractivity contribution in [3.8, 4) is 0 Å². The highest BCUT2D eigenvalue weighted by Gasteiger charge is 2.20. The molecule has 0 radical (unpaired) electrons. The van der Waals surface area contributed by atoms with E-state index in [1.165, 1.54) is 24.8 Å². The standard InChI is InChI=1S/C18H34O3/c1-5-6-7-10-15(2)11-8-13-18(4,21)14-9-12-16(3)17(19)20/h11,16,21H,5-10,12-14H2,1-4H3,(H,19,20). The van der Waals surface area contributed by atoms with E-state index in [1.54, 1.807) is 6.92 Å². The summed E-state index contributed by atoms with van der Waals surface area (Å²) in [5.74, 6) is -1.07. The van der Waals surface area contributed by atoms with E-state index < -0.39 is 11.6 Å². The summed E-state index contributed by atoms with van der Waals surface area (Å²) in [7, 11) is 0. The van der Waals surface area contributed by atoms with Gasteiger partial charge in [-0.1, -0.05) is 38.3 Å². The quantitative estimate of drug-likeness (QED) is 0.396. The lowest BCUT2D eigenvalue weighted by Gasteiger charge is -2.23. The Labute approximate surface area is 130 Å². The summed E-state index contributed by atoms with van der Waals surface area (Å²) >= 11 is 0. The second kappa shape index (κ2) is 10.8. The summed E-state index contributed by atoms with van der Waals surface area (Å²) in [5, 5.41) is 19.1. The van der Waals surface area contributed by atoms with E-state index in [0.29, 0.717) is 12.8 Å². The molecule has 0 saturated heterocycles. The fourth-order valence-corrected chi connectivity index (χ4v) is 2.42. The predicted octanol–water partition coefficient (Wildman–Crippen LogP) is 4.94. The topological polar surface area (TPSA) is 57.5 Å². The lowest BCUT2D eigenvalue weighted by atomic mass is 9.91. The summed E-state index contributed by atoms with van der Waals surface area (Å²) in [6.45, 7) is 7.96. The van der Waals surface area contributed by atoms with Crippen LogP contribution in [0.1, 0.15) is 85.5 Å². The SMILES string of the molecule is CCCCCC(C)=CCCC(C)(O)CCCC(C)C(=O)O. The van der Waals surface area contributed by atoms with Crippen LogP contribution in [0.15, 0.2) is 11.6 Å². The molecule has 0 amide bonds. The highest BCUT2D eigenvalue weighted by molar-refractivity contribution is 5.69. The zero-order chi connectivity index (χ0) is 16.3. The first-order chi connectivity index (χ1) is 9.78. The molecule has 2 unspecified atom stereocenters.